The lowest BCUT2D eigenvalue weighted by Crippen LogP contribution is -2.28. The van der Waals surface area contributed by atoms with E-state index in [-0.39, 0.29) is 18.1 Å². The molecule has 0 unspecified atom stereocenters. The van der Waals surface area contributed by atoms with Gasteiger partial charge in [0.25, 0.3) is 0 Å². The van der Waals surface area contributed by atoms with E-state index in [1.807, 2.05) is 0 Å². The van der Waals surface area contributed by atoms with E-state index in [0.29, 0.717) is 22.9 Å². The molecule has 9 nitrogen and oxygen atoms in total. The second kappa shape index (κ2) is 7.10. The maximum Gasteiger partial charge on any atom is 0.350 e. The van der Waals surface area contributed by atoms with Gasteiger partial charge in [-0.1, -0.05) is 0 Å². The summed E-state index contributed by atoms with van der Waals surface area (Å²) < 4.78 is 7.69. The number of amides is 1. The molecule has 0 atom stereocenters. The highest BCUT2D eigenvalue weighted by molar-refractivity contribution is 5.90. The lowest BCUT2D eigenvalue weighted by atomic mass is 10.3. The largest absolute Gasteiger partial charge is 0.497 e. The lowest BCUT2D eigenvalue weighted by molar-refractivity contribution is -0.117. The van der Waals surface area contributed by atoms with Crippen LogP contribution in [0, 0.1) is 0 Å². The van der Waals surface area contributed by atoms with Gasteiger partial charge in [0.1, 0.15) is 12.3 Å². The molecule has 1 saturated heterocycles. The third-order valence-corrected chi connectivity index (χ3v) is 4.56. The number of nitrogens with one attached hydrogen (secondary N) is 1. The third-order valence-electron chi connectivity index (χ3n) is 4.56. The van der Waals surface area contributed by atoms with Crippen molar-refractivity contribution in [2.75, 3.05) is 30.4 Å². The summed E-state index contributed by atoms with van der Waals surface area (Å²) in [5.41, 5.74) is 0.733. The van der Waals surface area contributed by atoms with Crippen LogP contribution in [-0.4, -0.2) is 45.3 Å². The summed E-state index contributed by atoms with van der Waals surface area (Å²) >= 11 is 0. The molecule has 0 saturated carbocycles. The van der Waals surface area contributed by atoms with Crippen LogP contribution in [0.1, 0.15) is 12.8 Å². The van der Waals surface area contributed by atoms with Crippen molar-refractivity contribution >= 4 is 23.1 Å². The Balaban J connectivity index is 1.56. The van der Waals surface area contributed by atoms with Crippen molar-refractivity contribution in [1.82, 2.24) is 19.2 Å². The number of hydrogen-bond acceptors (Lipinski definition) is 6. The smallest absolute Gasteiger partial charge is 0.350 e. The molecule has 0 spiro atoms. The molecule has 0 radical (unpaired) electrons. The van der Waals surface area contributed by atoms with Crippen LogP contribution in [0.5, 0.6) is 5.75 Å². The molecule has 9 heteroatoms. The average molecular weight is 368 g/mol. The average Bonchev–Trinajstić information content (AvgIpc) is 3.31. The predicted molar refractivity (Wildman–Crippen MR) is 100 cm³/mol. The topological polar surface area (TPSA) is 93.8 Å². The highest BCUT2D eigenvalue weighted by Crippen LogP contribution is 2.20. The van der Waals surface area contributed by atoms with Crippen LogP contribution in [0.25, 0.3) is 5.65 Å². The molecule has 1 amide bonds. The first-order valence-electron chi connectivity index (χ1n) is 8.79. The Labute approximate surface area is 155 Å². The summed E-state index contributed by atoms with van der Waals surface area (Å²) in [5, 5.41) is 7.10. The number of methoxy groups -OCH3 is 1. The minimum absolute atomic E-state index is 0.175. The minimum Gasteiger partial charge on any atom is -0.497 e. The Morgan fingerprint density at radius 1 is 1.22 bits per heavy atom. The van der Waals surface area contributed by atoms with E-state index in [1.54, 1.807) is 43.8 Å². The zero-order valence-electron chi connectivity index (χ0n) is 15.0. The van der Waals surface area contributed by atoms with Gasteiger partial charge in [0.2, 0.25) is 11.6 Å². The van der Waals surface area contributed by atoms with Crippen LogP contribution in [0.3, 0.4) is 0 Å². The monoisotopic (exact) mass is 368 g/mol. The Kier molecular flexibility index (Phi) is 4.49. The van der Waals surface area contributed by atoms with Gasteiger partial charge in [-0.25, -0.2) is 18.9 Å². The second-order valence-corrected chi connectivity index (χ2v) is 6.36. The first-order chi connectivity index (χ1) is 13.2. The van der Waals surface area contributed by atoms with Gasteiger partial charge in [0.15, 0.2) is 5.82 Å². The molecule has 0 bridgehead atoms. The quantitative estimate of drug-likeness (QED) is 0.726. The van der Waals surface area contributed by atoms with Gasteiger partial charge in [0.05, 0.1) is 7.11 Å². The Morgan fingerprint density at radius 2 is 1.96 bits per heavy atom. The van der Waals surface area contributed by atoms with Gasteiger partial charge < -0.3 is 15.0 Å². The van der Waals surface area contributed by atoms with Crippen molar-refractivity contribution in [2.24, 2.45) is 0 Å². The Hall–Kier alpha value is -3.36. The molecule has 3 heterocycles. The molecular weight excluding hydrogens is 348 g/mol. The van der Waals surface area contributed by atoms with E-state index >= 15 is 0 Å². The van der Waals surface area contributed by atoms with E-state index in [4.69, 9.17) is 4.74 Å². The van der Waals surface area contributed by atoms with Gasteiger partial charge >= 0.3 is 5.69 Å². The van der Waals surface area contributed by atoms with E-state index in [9.17, 15) is 9.59 Å². The standard InChI is InChI=1S/C18H20N6O3/c1-27-14-6-4-13(5-7-14)20-15(25)12-24-18(26)23-11-8-19-16(17(23)21-24)22-9-2-3-10-22/h4-8,11H,2-3,9-10,12H2,1H3,(H,20,25). The fourth-order valence-electron chi connectivity index (χ4n) is 3.20. The van der Waals surface area contributed by atoms with E-state index in [1.165, 1.54) is 4.40 Å². The first-order valence-corrected chi connectivity index (χ1v) is 8.79. The van der Waals surface area contributed by atoms with Crippen molar-refractivity contribution in [3.63, 3.8) is 0 Å². The van der Waals surface area contributed by atoms with Crippen molar-refractivity contribution in [3.8, 4) is 5.75 Å². The van der Waals surface area contributed by atoms with Gasteiger partial charge in [-0.15, -0.1) is 5.10 Å². The fourth-order valence-corrected chi connectivity index (χ4v) is 3.20. The molecule has 1 aromatic carbocycles. The Bertz CT molecular complexity index is 1020. The number of fused-ring (bicyclic) bond motifs is 1. The number of benzene rings is 1. The number of anilines is 2. The van der Waals surface area contributed by atoms with Gasteiger partial charge in [-0.3, -0.25) is 4.79 Å². The molecular formula is C18H20N6O3. The lowest BCUT2D eigenvalue weighted by Gasteiger charge is -2.15. The summed E-state index contributed by atoms with van der Waals surface area (Å²) in [5.74, 6) is 1.05. The minimum atomic E-state index is -0.363. The molecule has 3 aromatic rings. The molecule has 1 fully saturated rings. The number of aromatic nitrogens is 4. The summed E-state index contributed by atoms with van der Waals surface area (Å²) in [4.78, 5) is 31.4. The predicted octanol–water partition coefficient (Wildman–Crippen LogP) is 1.14. The van der Waals surface area contributed by atoms with Crippen molar-refractivity contribution in [1.29, 1.82) is 0 Å². The van der Waals surface area contributed by atoms with Crippen LogP contribution < -0.4 is 20.6 Å². The SMILES string of the molecule is COc1ccc(NC(=O)Cn2nc3c(N4CCCC4)nccn3c2=O)cc1. The molecule has 1 aliphatic rings. The third kappa shape index (κ3) is 3.35. The molecule has 0 aliphatic carbocycles. The van der Waals surface area contributed by atoms with E-state index in [2.05, 4.69) is 20.3 Å². The molecule has 1 N–H and O–H groups in total. The van der Waals surface area contributed by atoms with Crippen molar-refractivity contribution in [2.45, 2.75) is 19.4 Å². The summed E-state index contributed by atoms with van der Waals surface area (Å²) in [7, 11) is 1.58. The summed E-state index contributed by atoms with van der Waals surface area (Å²) in [6.45, 7) is 1.61. The molecule has 2 aromatic heterocycles. The van der Waals surface area contributed by atoms with Gasteiger partial charge in [-0.2, -0.15) is 0 Å². The number of ether oxygens (including phenoxy) is 1. The van der Waals surface area contributed by atoms with Crippen molar-refractivity contribution < 1.29 is 9.53 Å². The summed E-state index contributed by atoms with van der Waals surface area (Å²) in [6.07, 6.45) is 5.35. The zero-order valence-corrected chi connectivity index (χ0v) is 15.0. The van der Waals surface area contributed by atoms with E-state index in [0.717, 1.165) is 30.6 Å². The molecule has 140 valence electrons. The maximum absolute atomic E-state index is 12.6. The van der Waals surface area contributed by atoms with Crippen molar-refractivity contribution in [3.05, 3.63) is 47.1 Å². The number of carbonyl (C=O) groups excluding carboxylic acids is 1. The molecule has 4 rings (SSSR count). The first kappa shape index (κ1) is 17.1. The zero-order chi connectivity index (χ0) is 18.8. The second-order valence-electron chi connectivity index (χ2n) is 6.36. The highest BCUT2D eigenvalue weighted by Gasteiger charge is 2.20. The summed E-state index contributed by atoms with van der Waals surface area (Å²) in [6, 6.07) is 6.97. The van der Waals surface area contributed by atoms with E-state index < -0.39 is 0 Å². The van der Waals surface area contributed by atoms with Crippen LogP contribution in [0.4, 0.5) is 11.5 Å². The number of carbonyl (C=O) groups is 1. The Morgan fingerprint density at radius 3 is 2.67 bits per heavy atom. The number of rotatable bonds is 5. The molecule has 27 heavy (non-hydrogen) atoms. The molecule has 1 aliphatic heterocycles. The van der Waals surface area contributed by atoms with Crippen LogP contribution in [0.15, 0.2) is 41.5 Å². The highest BCUT2D eigenvalue weighted by atomic mass is 16.5. The van der Waals surface area contributed by atoms with Crippen LogP contribution >= 0.6 is 0 Å². The number of nitrogens with zero attached hydrogens (tertiary/aromatic N) is 5. The van der Waals surface area contributed by atoms with Crippen LogP contribution in [0.2, 0.25) is 0 Å². The van der Waals surface area contributed by atoms with Gasteiger partial charge in [0, 0.05) is 31.2 Å². The van der Waals surface area contributed by atoms with Gasteiger partial charge in [-0.05, 0) is 37.1 Å². The number of hydrogen-bond donors (Lipinski definition) is 1. The normalized spacial score (nSPS) is 13.9. The van der Waals surface area contributed by atoms with Crippen LogP contribution in [-0.2, 0) is 11.3 Å². The maximum atomic E-state index is 12.6. The fraction of sp³-hybridized carbons (Fsp3) is 0.333.